The first kappa shape index (κ1) is 13.6. The molecule has 6 heteroatoms. The fraction of sp³-hybridized carbons (Fsp3) is 0.182. The van der Waals surface area contributed by atoms with Gasteiger partial charge in [-0.2, -0.15) is 13.2 Å². The van der Waals surface area contributed by atoms with Crippen LogP contribution >= 0.6 is 11.6 Å². The molecule has 0 unspecified atom stereocenters. The van der Waals surface area contributed by atoms with Gasteiger partial charge in [0.25, 0.3) is 0 Å². The molecule has 0 saturated heterocycles. The number of carboxylic acids is 1. The quantitative estimate of drug-likeness (QED) is 0.844. The number of allylic oxidation sites excluding steroid dienone is 1. The maximum atomic E-state index is 12.3. The Kier molecular flexibility index (Phi) is 4.17. The molecular weight excluding hydrogens is 257 g/mol. The minimum absolute atomic E-state index is 0.189. The molecule has 0 spiro atoms. The maximum absolute atomic E-state index is 12.3. The summed E-state index contributed by atoms with van der Waals surface area (Å²) in [5.74, 6) is -1.42. The molecule has 1 aromatic carbocycles. The molecule has 0 aliphatic heterocycles. The summed E-state index contributed by atoms with van der Waals surface area (Å²) >= 11 is 5.60. The van der Waals surface area contributed by atoms with Gasteiger partial charge in [0.2, 0.25) is 0 Å². The Balaban J connectivity index is 3.07. The van der Waals surface area contributed by atoms with Gasteiger partial charge in [0.15, 0.2) is 0 Å². The van der Waals surface area contributed by atoms with E-state index in [2.05, 4.69) is 0 Å². The minimum atomic E-state index is -4.46. The number of halogens is 4. The third-order valence-corrected chi connectivity index (χ3v) is 2.16. The van der Waals surface area contributed by atoms with E-state index in [4.69, 9.17) is 16.7 Å². The smallest absolute Gasteiger partial charge is 0.393 e. The van der Waals surface area contributed by atoms with Crippen molar-refractivity contribution in [2.45, 2.75) is 12.6 Å². The lowest BCUT2D eigenvalue weighted by molar-refractivity contribution is -0.131. The Morgan fingerprint density at radius 3 is 2.24 bits per heavy atom. The van der Waals surface area contributed by atoms with Crippen molar-refractivity contribution in [3.63, 3.8) is 0 Å². The third kappa shape index (κ3) is 4.91. The molecule has 17 heavy (non-hydrogen) atoms. The summed E-state index contributed by atoms with van der Waals surface area (Å²) in [5, 5.41) is 8.90. The van der Waals surface area contributed by atoms with E-state index in [9.17, 15) is 18.0 Å². The number of rotatable bonds is 3. The fourth-order valence-corrected chi connectivity index (χ4v) is 1.39. The third-order valence-electron chi connectivity index (χ3n) is 1.90. The van der Waals surface area contributed by atoms with Gasteiger partial charge in [-0.15, -0.1) is 0 Å². The number of aliphatic carboxylic acids is 1. The van der Waals surface area contributed by atoms with E-state index in [0.717, 1.165) is 0 Å². The van der Waals surface area contributed by atoms with Crippen molar-refractivity contribution >= 4 is 23.1 Å². The van der Waals surface area contributed by atoms with E-state index in [1.54, 1.807) is 0 Å². The van der Waals surface area contributed by atoms with E-state index in [0.29, 0.717) is 11.1 Å². The molecule has 0 aromatic heterocycles. The first-order chi connectivity index (χ1) is 7.78. The van der Waals surface area contributed by atoms with E-state index in [1.807, 2.05) is 0 Å². The van der Waals surface area contributed by atoms with Gasteiger partial charge < -0.3 is 5.11 Å². The van der Waals surface area contributed by atoms with Crippen LogP contribution in [0, 0.1) is 0 Å². The van der Waals surface area contributed by atoms with Crippen molar-refractivity contribution < 1.29 is 23.1 Å². The molecule has 0 aliphatic rings. The molecule has 0 fully saturated rings. The Hall–Kier alpha value is -1.49. The van der Waals surface area contributed by atoms with Crippen LogP contribution in [0.15, 0.2) is 30.3 Å². The lowest BCUT2D eigenvalue weighted by atomic mass is 10.0. The molecule has 0 heterocycles. The summed E-state index contributed by atoms with van der Waals surface area (Å²) in [4.78, 5) is 10.5. The topological polar surface area (TPSA) is 37.3 Å². The van der Waals surface area contributed by atoms with Crippen LogP contribution in [0.5, 0.6) is 0 Å². The first-order valence-corrected chi connectivity index (χ1v) is 4.92. The van der Waals surface area contributed by atoms with Crippen LogP contribution in [0.3, 0.4) is 0 Å². The number of carboxylic acid groups (broad SMARTS) is 1. The summed E-state index contributed by atoms with van der Waals surface area (Å²) in [6.45, 7) is 0. The maximum Gasteiger partial charge on any atom is 0.393 e. The van der Waals surface area contributed by atoms with Crippen LogP contribution in [0.25, 0.3) is 5.57 Å². The van der Waals surface area contributed by atoms with Crippen LogP contribution < -0.4 is 0 Å². The molecule has 0 atom stereocenters. The van der Waals surface area contributed by atoms with Gasteiger partial charge in [-0.3, -0.25) is 0 Å². The van der Waals surface area contributed by atoms with Gasteiger partial charge in [-0.25, -0.2) is 4.79 Å². The average Bonchev–Trinajstić information content (AvgIpc) is 2.14. The summed E-state index contributed by atoms with van der Waals surface area (Å²) in [6.07, 6.45) is -5.20. The average molecular weight is 265 g/mol. The molecule has 0 amide bonds. The highest BCUT2D eigenvalue weighted by molar-refractivity contribution is 6.30. The second-order valence-electron chi connectivity index (χ2n) is 3.31. The Labute approximate surface area is 100 Å². The Bertz CT molecular complexity index is 435. The Morgan fingerprint density at radius 2 is 1.82 bits per heavy atom. The van der Waals surface area contributed by atoms with Crippen molar-refractivity contribution in [3.8, 4) is 0 Å². The van der Waals surface area contributed by atoms with Crippen molar-refractivity contribution in [2.24, 2.45) is 0 Å². The molecule has 92 valence electrons. The Morgan fingerprint density at radius 1 is 1.29 bits per heavy atom. The zero-order valence-corrected chi connectivity index (χ0v) is 9.22. The number of benzene rings is 1. The largest absolute Gasteiger partial charge is 0.478 e. The summed E-state index contributed by atoms with van der Waals surface area (Å²) in [5.41, 5.74) is -0.115. The molecule has 1 N–H and O–H groups in total. The first-order valence-electron chi connectivity index (χ1n) is 4.54. The normalized spacial score (nSPS) is 12.6. The van der Waals surface area contributed by atoms with E-state index in [-0.39, 0.29) is 11.1 Å². The zero-order chi connectivity index (χ0) is 13.1. The monoisotopic (exact) mass is 264 g/mol. The second kappa shape index (κ2) is 5.23. The second-order valence-corrected chi connectivity index (χ2v) is 3.74. The summed E-state index contributed by atoms with van der Waals surface area (Å²) in [7, 11) is 0. The van der Waals surface area contributed by atoms with Crippen LogP contribution in [-0.4, -0.2) is 17.3 Å². The molecule has 1 aromatic rings. The molecule has 0 saturated carbocycles. The molecule has 2 nitrogen and oxygen atoms in total. The van der Waals surface area contributed by atoms with Crippen LogP contribution in [0.1, 0.15) is 12.0 Å². The van der Waals surface area contributed by atoms with Crippen molar-refractivity contribution in [3.05, 3.63) is 40.9 Å². The highest BCUT2D eigenvalue weighted by Crippen LogP contribution is 2.30. The summed E-state index contributed by atoms with van der Waals surface area (Å²) in [6, 6.07) is 5.51. The minimum Gasteiger partial charge on any atom is -0.478 e. The predicted molar refractivity (Wildman–Crippen MR) is 57.7 cm³/mol. The van der Waals surface area contributed by atoms with Gasteiger partial charge in [0.05, 0.1) is 6.42 Å². The highest BCUT2D eigenvalue weighted by atomic mass is 35.5. The molecule has 0 bridgehead atoms. The van der Waals surface area contributed by atoms with Gasteiger partial charge in [-0.1, -0.05) is 23.7 Å². The number of alkyl halides is 3. The highest BCUT2D eigenvalue weighted by Gasteiger charge is 2.29. The lowest BCUT2D eigenvalue weighted by Gasteiger charge is -2.10. The lowest BCUT2D eigenvalue weighted by Crippen LogP contribution is -2.09. The van der Waals surface area contributed by atoms with Gasteiger partial charge in [-0.05, 0) is 23.3 Å². The molecule has 1 rings (SSSR count). The van der Waals surface area contributed by atoms with Crippen LogP contribution in [0.4, 0.5) is 13.2 Å². The van der Waals surface area contributed by atoms with Gasteiger partial charge >= 0.3 is 12.1 Å². The zero-order valence-electron chi connectivity index (χ0n) is 8.46. The van der Waals surface area contributed by atoms with Crippen molar-refractivity contribution in [1.82, 2.24) is 0 Å². The number of carbonyl (C=O) groups is 1. The van der Waals surface area contributed by atoms with Crippen LogP contribution in [-0.2, 0) is 4.79 Å². The number of hydrogen-bond acceptors (Lipinski definition) is 1. The van der Waals surface area contributed by atoms with E-state index < -0.39 is 18.6 Å². The standard InChI is InChI=1S/C11H8ClF3O2/c12-9-3-1-7(2-4-9)8(5-10(16)17)6-11(13,14)15/h1-5H,6H2,(H,16,17)/b8-5+. The predicted octanol–water partition coefficient (Wildman–Crippen LogP) is 3.76. The molecule has 0 aliphatic carbocycles. The number of hydrogen-bond donors (Lipinski definition) is 1. The van der Waals surface area contributed by atoms with Crippen molar-refractivity contribution in [2.75, 3.05) is 0 Å². The SMILES string of the molecule is O=C(O)/C=C(\CC(F)(F)F)c1ccc(Cl)cc1. The van der Waals surface area contributed by atoms with Crippen LogP contribution in [0.2, 0.25) is 5.02 Å². The molecule has 0 radical (unpaired) electrons. The van der Waals surface area contributed by atoms with Crippen molar-refractivity contribution in [1.29, 1.82) is 0 Å². The van der Waals surface area contributed by atoms with E-state index >= 15 is 0 Å². The van der Waals surface area contributed by atoms with Gasteiger partial charge in [0, 0.05) is 11.1 Å². The van der Waals surface area contributed by atoms with E-state index in [1.165, 1.54) is 24.3 Å². The summed E-state index contributed by atoms with van der Waals surface area (Å²) < 4.78 is 36.8. The molecular formula is C11H8ClF3O2. The fourth-order valence-electron chi connectivity index (χ4n) is 1.27. The van der Waals surface area contributed by atoms with Gasteiger partial charge in [0.1, 0.15) is 0 Å².